The molecule has 9 heteroatoms. The molecule has 7 nitrogen and oxygen atoms in total. The fourth-order valence-corrected chi connectivity index (χ4v) is 1.66. The fourth-order valence-electron chi connectivity index (χ4n) is 1.37. The van der Waals surface area contributed by atoms with Crippen LogP contribution in [-0.4, -0.2) is 9.97 Å². The van der Waals surface area contributed by atoms with Gasteiger partial charge in [-0.3, -0.25) is 9.78 Å². The van der Waals surface area contributed by atoms with Crippen LogP contribution in [0.25, 0.3) is 0 Å². The molecule has 2 aromatic rings. The number of nitrogens with two attached hydrogens (primary N) is 1. The zero-order chi connectivity index (χ0) is 14.0. The number of aromatic nitrogens is 2. The van der Waals surface area contributed by atoms with Gasteiger partial charge in [0.1, 0.15) is 0 Å². The molecule has 98 valence electrons. The number of nitroso groups, excluding NO2 is 1. The third kappa shape index (κ3) is 2.83. The van der Waals surface area contributed by atoms with Gasteiger partial charge < -0.3 is 11.1 Å². The van der Waals surface area contributed by atoms with E-state index in [1.807, 2.05) is 0 Å². The van der Waals surface area contributed by atoms with E-state index in [9.17, 15) is 9.70 Å². The average molecular weight is 300 g/mol. The van der Waals surface area contributed by atoms with Crippen molar-refractivity contribution in [2.45, 2.75) is 0 Å². The van der Waals surface area contributed by atoms with Gasteiger partial charge in [-0.25, -0.2) is 0 Å². The first-order valence-electron chi connectivity index (χ1n) is 4.96. The maximum atomic E-state index is 11.4. The van der Waals surface area contributed by atoms with Gasteiger partial charge in [0.15, 0.2) is 5.82 Å². The lowest BCUT2D eigenvalue weighted by atomic mass is 10.3. The molecule has 0 aliphatic heterocycles. The second-order valence-corrected chi connectivity index (χ2v) is 4.31. The smallest absolute Gasteiger partial charge is 0.284 e. The zero-order valence-electron chi connectivity index (χ0n) is 9.28. The molecule has 1 aromatic heterocycles. The van der Waals surface area contributed by atoms with Gasteiger partial charge in [-0.1, -0.05) is 23.2 Å². The zero-order valence-corrected chi connectivity index (χ0v) is 10.8. The molecular formula is C10H7Cl2N5O2. The van der Waals surface area contributed by atoms with Gasteiger partial charge in [0, 0.05) is 5.69 Å². The summed E-state index contributed by atoms with van der Waals surface area (Å²) in [5, 5.41) is 6.02. The van der Waals surface area contributed by atoms with Crippen LogP contribution in [0.15, 0.2) is 28.2 Å². The van der Waals surface area contributed by atoms with E-state index in [-0.39, 0.29) is 11.8 Å². The molecule has 0 radical (unpaired) electrons. The molecule has 0 aliphatic carbocycles. The highest BCUT2D eigenvalue weighted by atomic mass is 35.5. The van der Waals surface area contributed by atoms with Gasteiger partial charge in [0.05, 0.1) is 10.0 Å². The predicted molar refractivity (Wildman–Crippen MR) is 74.5 cm³/mol. The largest absolute Gasteiger partial charge is 0.369 e. The van der Waals surface area contributed by atoms with Gasteiger partial charge in [0.25, 0.3) is 5.56 Å². The van der Waals surface area contributed by atoms with E-state index in [4.69, 9.17) is 28.9 Å². The molecular weight excluding hydrogens is 293 g/mol. The first-order chi connectivity index (χ1) is 9.01. The first-order valence-corrected chi connectivity index (χ1v) is 5.72. The van der Waals surface area contributed by atoms with Crippen LogP contribution in [-0.2, 0) is 0 Å². The second-order valence-electron chi connectivity index (χ2n) is 3.49. The average Bonchev–Trinajstić information content (AvgIpc) is 2.33. The van der Waals surface area contributed by atoms with E-state index in [1.165, 1.54) is 6.07 Å². The number of hydrogen-bond donors (Lipinski definition) is 3. The van der Waals surface area contributed by atoms with Crippen molar-refractivity contribution >= 4 is 46.3 Å². The maximum Gasteiger partial charge on any atom is 0.284 e. The van der Waals surface area contributed by atoms with Crippen LogP contribution >= 0.6 is 23.2 Å². The summed E-state index contributed by atoms with van der Waals surface area (Å²) in [4.78, 5) is 28.0. The number of H-pyrrole nitrogens is 1. The van der Waals surface area contributed by atoms with Gasteiger partial charge in [-0.2, -0.15) is 4.98 Å². The number of halogens is 2. The quantitative estimate of drug-likeness (QED) is 0.754. The molecule has 4 N–H and O–H groups in total. The summed E-state index contributed by atoms with van der Waals surface area (Å²) in [6, 6.07) is 4.66. The Balaban J connectivity index is 2.45. The molecule has 0 saturated heterocycles. The van der Waals surface area contributed by atoms with E-state index in [1.54, 1.807) is 12.1 Å². The summed E-state index contributed by atoms with van der Waals surface area (Å²) in [5.41, 5.74) is 4.74. The fraction of sp³-hybridized carbons (Fsp3) is 0. The number of nitrogen functional groups attached to an aromatic ring is 1. The molecule has 1 heterocycles. The number of hydrogen-bond acceptors (Lipinski definition) is 6. The Morgan fingerprint density at radius 1 is 1.32 bits per heavy atom. The highest BCUT2D eigenvalue weighted by Crippen LogP contribution is 2.28. The van der Waals surface area contributed by atoms with Crippen molar-refractivity contribution in [3.63, 3.8) is 0 Å². The normalized spacial score (nSPS) is 10.2. The van der Waals surface area contributed by atoms with E-state index in [0.29, 0.717) is 15.7 Å². The number of rotatable bonds is 3. The molecule has 0 amide bonds. The van der Waals surface area contributed by atoms with E-state index < -0.39 is 11.2 Å². The van der Waals surface area contributed by atoms with Gasteiger partial charge >= 0.3 is 0 Å². The highest BCUT2D eigenvalue weighted by molar-refractivity contribution is 6.42. The molecule has 0 spiro atoms. The van der Waals surface area contributed by atoms with Crippen molar-refractivity contribution in [1.29, 1.82) is 0 Å². The number of benzene rings is 1. The summed E-state index contributed by atoms with van der Waals surface area (Å²) < 4.78 is 0. The number of nitrogens with zero attached hydrogens (tertiary/aromatic N) is 2. The predicted octanol–water partition coefficient (Wildman–Crippen LogP) is 2.80. The first kappa shape index (κ1) is 13.3. The molecule has 0 bridgehead atoms. The second kappa shape index (κ2) is 5.25. The van der Waals surface area contributed by atoms with E-state index in [2.05, 4.69) is 20.5 Å². The van der Waals surface area contributed by atoms with Crippen LogP contribution < -0.4 is 16.6 Å². The van der Waals surface area contributed by atoms with Crippen LogP contribution in [0.3, 0.4) is 0 Å². The molecule has 0 unspecified atom stereocenters. The SMILES string of the molecule is Nc1nc(Nc2ccc(Cl)c(Cl)c2)c(N=O)c(=O)[nH]1. The van der Waals surface area contributed by atoms with Crippen LogP contribution in [0.4, 0.5) is 23.1 Å². The minimum absolute atomic E-state index is 0.0605. The van der Waals surface area contributed by atoms with Crippen LogP contribution in [0, 0.1) is 4.91 Å². The Morgan fingerprint density at radius 3 is 2.68 bits per heavy atom. The van der Waals surface area contributed by atoms with Crippen LogP contribution in [0.5, 0.6) is 0 Å². The molecule has 19 heavy (non-hydrogen) atoms. The Kier molecular flexibility index (Phi) is 3.68. The topological polar surface area (TPSA) is 113 Å². The Morgan fingerprint density at radius 2 is 2.05 bits per heavy atom. The lowest BCUT2D eigenvalue weighted by Crippen LogP contribution is -2.13. The molecule has 0 fully saturated rings. The van der Waals surface area contributed by atoms with Crippen molar-refractivity contribution in [2.24, 2.45) is 5.18 Å². The lowest BCUT2D eigenvalue weighted by molar-refractivity contribution is 1.12. The summed E-state index contributed by atoms with van der Waals surface area (Å²) in [6.07, 6.45) is 0. The van der Waals surface area contributed by atoms with Crippen molar-refractivity contribution in [3.05, 3.63) is 43.5 Å². The summed E-state index contributed by atoms with van der Waals surface area (Å²) >= 11 is 11.6. The minimum Gasteiger partial charge on any atom is -0.369 e. The summed E-state index contributed by atoms with van der Waals surface area (Å²) in [5.74, 6) is -0.199. The number of aromatic amines is 1. The molecule has 0 saturated carbocycles. The molecule has 1 aromatic carbocycles. The maximum absolute atomic E-state index is 11.4. The van der Waals surface area contributed by atoms with E-state index in [0.717, 1.165) is 0 Å². The third-order valence-corrected chi connectivity index (χ3v) is 2.93. The van der Waals surface area contributed by atoms with Crippen molar-refractivity contribution in [1.82, 2.24) is 9.97 Å². The van der Waals surface area contributed by atoms with Crippen LogP contribution in [0.2, 0.25) is 10.0 Å². The summed E-state index contributed by atoms with van der Waals surface area (Å²) in [7, 11) is 0. The van der Waals surface area contributed by atoms with Crippen molar-refractivity contribution in [2.75, 3.05) is 11.1 Å². The Bertz CT molecular complexity index is 701. The van der Waals surface area contributed by atoms with E-state index >= 15 is 0 Å². The lowest BCUT2D eigenvalue weighted by Gasteiger charge is -2.08. The van der Waals surface area contributed by atoms with Gasteiger partial charge in [-0.05, 0) is 23.4 Å². The molecule has 0 atom stereocenters. The van der Waals surface area contributed by atoms with Gasteiger partial charge in [0.2, 0.25) is 11.6 Å². The van der Waals surface area contributed by atoms with Crippen molar-refractivity contribution in [3.8, 4) is 0 Å². The number of anilines is 3. The highest BCUT2D eigenvalue weighted by Gasteiger charge is 2.12. The minimum atomic E-state index is -0.731. The van der Waals surface area contributed by atoms with Gasteiger partial charge in [-0.15, -0.1) is 4.91 Å². The standard InChI is InChI=1S/C10H7Cl2N5O2/c11-5-2-1-4(3-6(5)12)14-8-7(17-19)9(18)16-10(13)15-8/h1-3H,(H4,13,14,15,16,18). The van der Waals surface area contributed by atoms with Crippen LogP contribution in [0.1, 0.15) is 0 Å². The Labute approximate surface area is 116 Å². The van der Waals surface area contributed by atoms with Crippen molar-refractivity contribution < 1.29 is 0 Å². The third-order valence-electron chi connectivity index (χ3n) is 2.19. The molecule has 0 aliphatic rings. The molecule has 2 rings (SSSR count). The summed E-state index contributed by atoms with van der Waals surface area (Å²) in [6.45, 7) is 0. The Hall–Kier alpha value is -2.12. The number of nitrogens with one attached hydrogen (secondary N) is 2. The monoisotopic (exact) mass is 299 g/mol.